The second kappa shape index (κ2) is 7.85. The molecule has 0 radical (unpaired) electrons. The molecule has 2 aromatic carbocycles. The molecule has 0 aromatic heterocycles. The zero-order valence-electron chi connectivity index (χ0n) is 13.6. The van der Waals surface area contributed by atoms with Crippen molar-refractivity contribution in [3.63, 3.8) is 0 Å². The van der Waals surface area contributed by atoms with E-state index in [2.05, 4.69) is 10.6 Å². The number of rotatable bonds is 6. The number of fused-ring (bicyclic) bond motifs is 1. The number of carbonyl (C=O) groups excluding carboxylic acids is 1. The van der Waals surface area contributed by atoms with Gasteiger partial charge in [0.15, 0.2) is 11.5 Å². The fourth-order valence-electron chi connectivity index (χ4n) is 2.51. The number of nitrogens with one attached hydrogen (secondary N) is 2. The van der Waals surface area contributed by atoms with E-state index in [9.17, 15) is 4.79 Å². The van der Waals surface area contributed by atoms with E-state index < -0.39 is 6.04 Å². The van der Waals surface area contributed by atoms with Gasteiger partial charge in [0.2, 0.25) is 12.7 Å². The Hall–Kier alpha value is -2.11. The maximum Gasteiger partial charge on any atom is 0.242 e. The van der Waals surface area contributed by atoms with Gasteiger partial charge in [0.25, 0.3) is 0 Å². The summed E-state index contributed by atoms with van der Waals surface area (Å²) in [6.45, 7) is 2.57. The first-order chi connectivity index (χ1) is 12.1. The highest BCUT2D eigenvalue weighted by Crippen LogP contribution is 2.32. The maximum absolute atomic E-state index is 12.5. The van der Waals surface area contributed by atoms with Crippen molar-refractivity contribution in [3.8, 4) is 11.5 Å². The van der Waals surface area contributed by atoms with Gasteiger partial charge in [-0.3, -0.25) is 4.79 Å². The molecule has 0 saturated heterocycles. The van der Waals surface area contributed by atoms with Crippen molar-refractivity contribution in [2.45, 2.75) is 25.9 Å². The number of hydrogen-bond donors (Lipinski definition) is 2. The maximum atomic E-state index is 12.5. The topological polar surface area (TPSA) is 59.6 Å². The van der Waals surface area contributed by atoms with Crippen molar-refractivity contribution in [2.24, 2.45) is 0 Å². The molecule has 7 heteroatoms. The van der Waals surface area contributed by atoms with Crippen LogP contribution in [-0.2, 0) is 11.3 Å². The number of ether oxygens (including phenoxy) is 2. The third kappa shape index (κ3) is 4.30. The van der Waals surface area contributed by atoms with Crippen LogP contribution in [0.5, 0.6) is 11.5 Å². The first-order valence-electron chi connectivity index (χ1n) is 7.94. The van der Waals surface area contributed by atoms with Crippen LogP contribution in [0.2, 0.25) is 10.0 Å². The monoisotopic (exact) mass is 380 g/mol. The summed E-state index contributed by atoms with van der Waals surface area (Å²) in [7, 11) is 0. The highest BCUT2D eigenvalue weighted by atomic mass is 35.5. The van der Waals surface area contributed by atoms with Gasteiger partial charge in [0, 0.05) is 11.6 Å². The van der Waals surface area contributed by atoms with Gasteiger partial charge in [-0.05, 0) is 42.3 Å². The van der Waals surface area contributed by atoms with E-state index in [0.29, 0.717) is 34.4 Å². The fraction of sp³-hybridized carbons (Fsp3) is 0.278. The second-order valence-electron chi connectivity index (χ2n) is 5.63. The lowest BCUT2D eigenvalue weighted by Crippen LogP contribution is -2.38. The molecule has 1 amide bonds. The summed E-state index contributed by atoms with van der Waals surface area (Å²) in [5.41, 5.74) is 1.62. The van der Waals surface area contributed by atoms with Gasteiger partial charge in [-0.2, -0.15) is 0 Å². The molecule has 25 heavy (non-hydrogen) atoms. The van der Waals surface area contributed by atoms with E-state index in [-0.39, 0.29) is 12.7 Å². The summed E-state index contributed by atoms with van der Waals surface area (Å²) in [5.74, 6) is 1.32. The Balaban J connectivity index is 1.60. The predicted octanol–water partition coefficient (Wildman–Crippen LogP) is 4.23. The minimum absolute atomic E-state index is 0.105. The van der Waals surface area contributed by atoms with E-state index in [4.69, 9.17) is 32.7 Å². The molecule has 0 fully saturated rings. The van der Waals surface area contributed by atoms with Gasteiger partial charge >= 0.3 is 0 Å². The highest BCUT2D eigenvalue weighted by Gasteiger charge is 2.18. The Labute approximate surface area is 156 Å². The molecule has 1 aliphatic rings. The molecule has 5 nitrogen and oxygen atoms in total. The van der Waals surface area contributed by atoms with Gasteiger partial charge in [0.05, 0.1) is 10.7 Å². The van der Waals surface area contributed by atoms with Crippen LogP contribution >= 0.6 is 23.2 Å². The third-order valence-electron chi connectivity index (χ3n) is 3.89. The largest absolute Gasteiger partial charge is 0.454 e. The third-order valence-corrected chi connectivity index (χ3v) is 4.44. The fourth-order valence-corrected chi connectivity index (χ4v) is 2.97. The average molecular weight is 381 g/mol. The first kappa shape index (κ1) is 17.7. The summed E-state index contributed by atoms with van der Waals surface area (Å²) in [5, 5.41) is 7.11. The zero-order valence-corrected chi connectivity index (χ0v) is 15.2. The Morgan fingerprint density at radius 1 is 1.16 bits per heavy atom. The molecule has 1 atom stereocenters. The summed E-state index contributed by atoms with van der Waals surface area (Å²) < 4.78 is 10.6. The van der Waals surface area contributed by atoms with Crippen molar-refractivity contribution in [1.82, 2.24) is 5.32 Å². The van der Waals surface area contributed by atoms with Gasteiger partial charge in [-0.15, -0.1) is 0 Å². The summed E-state index contributed by atoms with van der Waals surface area (Å²) in [4.78, 5) is 12.5. The molecular weight excluding hydrogens is 363 g/mol. The summed E-state index contributed by atoms with van der Waals surface area (Å²) in [6, 6.07) is 10.3. The molecule has 132 valence electrons. The van der Waals surface area contributed by atoms with Crippen molar-refractivity contribution in [2.75, 3.05) is 12.1 Å². The lowest BCUT2D eigenvalue weighted by Gasteiger charge is -2.19. The van der Waals surface area contributed by atoms with Gasteiger partial charge < -0.3 is 20.1 Å². The molecule has 0 aliphatic carbocycles. The van der Waals surface area contributed by atoms with Crippen molar-refractivity contribution >= 4 is 34.8 Å². The molecule has 1 aliphatic heterocycles. The van der Waals surface area contributed by atoms with Crippen LogP contribution in [0.1, 0.15) is 18.9 Å². The van der Waals surface area contributed by atoms with Gasteiger partial charge in [0.1, 0.15) is 6.04 Å². The van der Waals surface area contributed by atoms with Crippen LogP contribution in [-0.4, -0.2) is 18.7 Å². The summed E-state index contributed by atoms with van der Waals surface area (Å²) >= 11 is 12.1. The predicted molar refractivity (Wildman–Crippen MR) is 98.6 cm³/mol. The van der Waals surface area contributed by atoms with Crippen LogP contribution in [0, 0.1) is 0 Å². The minimum atomic E-state index is -0.396. The van der Waals surface area contributed by atoms with E-state index in [1.165, 1.54) is 0 Å². The number of amides is 1. The normalized spacial score (nSPS) is 13.4. The number of benzene rings is 2. The van der Waals surface area contributed by atoms with E-state index >= 15 is 0 Å². The number of carbonyl (C=O) groups is 1. The van der Waals surface area contributed by atoms with Crippen LogP contribution in [0.3, 0.4) is 0 Å². The van der Waals surface area contributed by atoms with Gasteiger partial charge in [-0.1, -0.05) is 36.2 Å². The van der Waals surface area contributed by atoms with Crippen LogP contribution in [0.25, 0.3) is 0 Å². The zero-order chi connectivity index (χ0) is 17.8. The van der Waals surface area contributed by atoms with Gasteiger partial charge in [-0.25, -0.2) is 0 Å². The van der Waals surface area contributed by atoms with Crippen molar-refractivity contribution in [1.29, 1.82) is 0 Å². The number of anilines is 1. The van der Waals surface area contributed by atoms with E-state index in [0.717, 1.165) is 11.3 Å². The Bertz CT molecular complexity index is 783. The van der Waals surface area contributed by atoms with Crippen LogP contribution in [0.15, 0.2) is 36.4 Å². The lowest BCUT2D eigenvalue weighted by molar-refractivity contribution is -0.122. The Morgan fingerprint density at radius 2 is 1.96 bits per heavy atom. The number of hydrogen-bond acceptors (Lipinski definition) is 4. The SMILES string of the molecule is CCC(Nc1ccc(Cl)cc1Cl)C(=O)NCc1ccc2c(c1)OCO2. The molecule has 0 spiro atoms. The number of halogens is 2. The Morgan fingerprint density at radius 3 is 2.72 bits per heavy atom. The Kier molecular flexibility index (Phi) is 5.56. The molecule has 1 unspecified atom stereocenters. The molecule has 1 heterocycles. The smallest absolute Gasteiger partial charge is 0.242 e. The highest BCUT2D eigenvalue weighted by molar-refractivity contribution is 6.36. The average Bonchev–Trinajstić information content (AvgIpc) is 3.07. The molecule has 3 rings (SSSR count). The molecule has 2 N–H and O–H groups in total. The van der Waals surface area contributed by atoms with Crippen molar-refractivity contribution in [3.05, 3.63) is 52.0 Å². The lowest BCUT2D eigenvalue weighted by atomic mass is 10.1. The molecular formula is C18H18Cl2N2O3. The standard InChI is InChI=1S/C18H18Cl2N2O3/c1-2-14(22-15-5-4-12(19)8-13(15)20)18(23)21-9-11-3-6-16-17(7-11)25-10-24-16/h3-8,14,22H,2,9-10H2,1H3,(H,21,23). The molecule has 2 aromatic rings. The quantitative estimate of drug-likeness (QED) is 0.786. The summed E-state index contributed by atoms with van der Waals surface area (Å²) in [6.07, 6.45) is 0.617. The second-order valence-corrected chi connectivity index (χ2v) is 6.48. The first-order valence-corrected chi connectivity index (χ1v) is 8.70. The van der Waals surface area contributed by atoms with Crippen LogP contribution < -0.4 is 20.1 Å². The molecule has 0 saturated carbocycles. The minimum Gasteiger partial charge on any atom is -0.454 e. The van der Waals surface area contributed by atoms with Crippen LogP contribution in [0.4, 0.5) is 5.69 Å². The van der Waals surface area contributed by atoms with E-state index in [1.54, 1.807) is 18.2 Å². The van der Waals surface area contributed by atoms with E-state index in [1.807, 2.05) is 25.1 Å². The molecule has 0 bridgehead atoms. The van der Waals surface area contributed by atoms with Crippen molar-refractivity contribution < 1.29 is 14.3 Å².